The Morgan fingerprint density at radius 1 is 1.00 bits per heavy atom. The Balaban J connectivity index is 0.000000145. The van der Waals surface area contributed by atoms with E-state index >= 15 is 0 Å². The van der Waals surface area contributed by atoms with Gasteiger partial charge in [-0.15, -0.1) is 11.3 Å². The maximum atomic E-state index is 10.7. The summed E-state index contributed by atoms with van der Waals surface area (Å²) < 4.78 is 6.70. The van der Waals surface area contributed by atoms with Crippen LogP contribution in [0.25, 0.3) is 10.2 Å². The number of hydrogen-bond donors (Lipinski definition) is 0. The number of nitroso groups, excluding NO2 is 1. The van der Waals surface area contributed by atoms with Gasteiger partial charge in [0.15, 0.2) is 0 Å². The summed E-state index contributed by atoms with van der Waals surface area (Å²) in [5, 5.41) is 17.6. The van der Waals surface area contributed by atoms with Crippen LogP contribution in [0.5, 0.6) is 0 Å². The monoisotopic (exact) mass is 546 g/mol. The van der Waals surface area contributed by atoms with Crippen LogP contribution in [0.2, 0.25) is 0 Å². The summed E-state index contributed by atoms with van der Waals surface area (Å²) in [7, 11) is 0. The maximum Gasteiger partial charge on any atom is 0.145 e. The maximum absolute atomic E-state index is 10.7. The predicted octanol–water partition coefficient (Wildman–Crippen LogP) is 9.89. The van der Waals surface area contributed by atoms with Gasteiger partial charge in [0.05, 0.1) is 32.6 Å². The molecule has 1 spiro atoms. The molecule has 4 fully saturated rings. The Morgan fingerprint density at radius 3 is 2.33 bits per heavy atom. The number of nitriles is 1. The zero-order valence-corrected chi connectivity index (χ0v) is 24.4. The van der Waals surface area contributed by atoms with Crippen LogP contribution in [0.4, 0.5) is 0 Å². The van der Waals surface area contributed by atoms with E-state index in [-0.39, 0.29) is 6.54 Å². The molecule has 208 valence electrons. The Kier molecular flexibility index (Phi) is 9.12. The van der Waals surface area contributed by atoms with Crippen molar-refractivity contribution in [2.45, 2.75) is 128 Å². The van der Waals surface area contributed by atoms with Crippen LogP contribution in [0.1, 0.15) is 149 Å². The van der Waals surface area contributed by atoms with Crippen LogP contribution in [0.3, 0.4) is 0 Å². The summed E-state index contributed by atoms with van der Waals surface area (Å²) in [5.41, 5.74) is 4.56. The number of aromatic nitrogens is 2. The predicted molar refractivity (Wildman–Crippen MR) is 157 cm³/mol. The highest BCUT2D eigenvalue weighted by Crippen LogP contribution is 2.59. The van der Waals surface area contributed by atoms with Crippen LogP contribution in [-0.4, -0.2) is 10.1 Å². The SMILES string of the molecule is CCC.N#Cc1ccc2nc(C3CCCCC3)sc2c1.O=NCc1c(C2CCC3(CC2)CC3)noc1C1CC1. The van der Waals surface area contributed by atoms with Gasteiger partial charge in [-0.2, -0.15) is 10.2 Å². The van der Waals surface area contributed by atoms with Crippen LogP contribution >= 0.6 is 11.3 Å². The van der Waals surface area contributed by atoms with E-state index in [9.17, 15) is 4.91 Å². The van der Waals surface area contributed by atoms with Crippen LogP contribution in [0.15, 0.2) is 27.9 Å². The fourth-order valence-corrected chi connectivity index (χ4v) is 7.44. The zero-order valence-electron chi connectivity index (χ0n) is 23.6. The van der Waals surface area contributed by atoms with Gasteiger partial charge in [0, 0.05) is 23.3 Å². The van der Waals surface area contributed by atoms with Crippen molar-refractivity contribution in [2.75, 3.05) is 0 Å². The van der Waals surface area contributed by atoms with E-state index in [1.165, 1.54) is 94.9 Å². The number of fused-ring (bicyclic) bond motifs is 1. The van der Waals surface area contributed by atoms with Crippen molar-refractivity contribution >= 4 is 21.6 Å². The first kappa shape index (κ1) is 28.0. The number of benzene rings is 1. The third-order valence-electron chi connectivity index (χ3n) is 8.90. The van der Waals surface area contributed by atoms with Gasteiger partial charge in [0.2, 0.25) is 0 Å². The summed E-state index contributed by atoms with van der Waals surface area (Å²) in [6, 6.07) is 7.97. The first-order valence-electron chi connectivity index (χ1n) is 15.2. The lowest BCUT2D eigenvalue weighted by molar-refractivity contribution is 0.292. The Hall–Kier alpha value is -2.59. The molecule has 0 radical (unpaired) electrons. The van der Waals surface area contributed by atoms with Crippen LogP contribution in [-0.2, 0) is 6.54 Å². The van der Waals surface area contributed by atoms with Gasteiger partial charge in [-0.1, -0.05) is 49.9 Å². The number of hydrogen-bond acceptors (Lipinski definition) is 7. The summed E-state index contributed by atoms with van der Waals surface area (Å²) in [6.45, 7) is 4.49. The molecule has 1 aromatic carbocycles. The Labute approximate surface area is 236 Å². The normalized spacial score (nSPS) is 20.4. The minimum Gasteiger partial charge on any atom is -0.360 e. The van der Waals surface area contributed by atoms with Crippen molar-refractivity contribution in [3.63, 3.8) is 0 Å². The van der Waals surface area contributed by atoms with E-state index in [0.29, 0.717) is 23.2 Å². The van der Waals surface area contributed by atoms with Gasteiger partial charge in [0.25, 0.3) is 0 Å². The Bertz CT molecular complexity index is 1280. The molecular weight excluding hydrogens is 504 g/mol. The highest BCUT2D eigenvalue weighted by molar-refractivity contribution is 7.18. The molecule has 3 aromatic rings. The minimum atomic E-state index is 0.242. The second-order valence-corrected chi connectivity index (χ2v) is 13.2. The lowest BCUT2D eigenvalue weighted by Crippen LogP contribution is -2.15. The molecule has 6 nitrogen and oxygen atoms in total. The van der Waals surface area contributed by atoms with E-state index in [2.05, 4.69) is 30.3 Å². The first-order chi connectivity index (χ1) is 19.1. The molecule has 4 aliphatic carbocycles. The van der Waals surface area contributed by atoms with E-state index < -0.39 is 0 Å². The smallest absolute Gasteiger partial charge is 0.145 e. The van der Waals surface area contributed by atoms with Crippen molar-refractivity contribution in [3.8, 4) is 6.07 Å². The van der Waals surface area contributed by atoms with Crippen molar-refractivity contribution in [1.82, 2.24) is 10.1 Å². The van der Waals surface area contributed by atoms with Gasteiger partial charge in [-0.25, -0.2) is 4.98 Å². The highest BCUT2D eigenvalue weighted by atomic mass is 32.1. The topological polar surface area (TPSA) is 92.1 Å². The summed E-state index contributed by atoms with van der Waals surface area (Å²) in [6.07, 6.45) is 18.1. The van der Waals surface area contributed by atoms with Gasteiger partial charge in [-0.05, 0) is 87.8 Å². The molecule has 39 heavy (non-hydrogen) atoms. The van der Waals surface area contributed by atoms with Crippen molar-refractivity contribution in [1.29, 1.82) is 5.26 Å². The Morgan fingerprint density at radius 2 is 1.72 bits per heavy atom. The molecular formula is C32H42N4O2S. The van der Waals surface area contributed by atoms with Gasteiger partial charge in [0.1, 0.15) is 12.3 Å². The van der Waals surface area contributed by atoms with E-state index in [0.717, 1.165) is 32.8 Å². The molecule has 0 bridgehead atoms. The van der Waals surface area contributed by atoms with E-state index in [1.54, 1.807) is 11.3 Å². The third-order valence-corrected chi connectivity index (χ3v) is 10.1. The molecule has 7 rings (SSSR count). The van der Waals surface area contributed by atoms with Gasteiger partial charge < -0.3 is 4.52 Å². The van der Waals surface area contributed by atoms with Crippen molar-refractivity contribution < 1.29 is 4.52 Å². The number of nitrogens with zero attached hydrogens (tertiary/aromatic N) is 4. The van der Waals surface area contributed by atoms with E-state index in [1.807, 2.05) is 18.2 Å². The summed E-state index contributed by atoms with van der Waals surface area (Å²) in [4.78, 5) is 15.4. The molecule has 0 amide bonds. The standard InChI is InChI=1S/C15H20N2O2.C14H14N2S.C3H8/c18-16-9-12-13(17-19-14(12)11-1-2-11)10-3-5-15(6-4-10)7-8-15;15-9-10-6-7-12-13(8-10)17-14(16-12)11-4-2-1-3-5-11;1-3-2/h10-11H,1-9H2;6-8,11H,1-5H2;3H2,1-2H3. The molecule has 4 aliphatic rings. The average Bonchev–Trinajstić information content (AvgIpc) is 3.87. The quantitative estimate of drug-likeness (QED) is 0.297. The van der Waals surface area contributed by atoms with Gasteiger partial charge >= 0.3 is 0 Å². The molecule has 0 saturated heterocycles. The van der Waals surface area contributed by atoms with Crippen molar-refractivity contribution in [3.05, 3.63) is 50.7 Å². The van der Waals surface area contributed by atoms with Crippen molar-refractivity contribution in [2.24, 2.45) is 10.6 Å². The molecule has 0 aliphatic heterocycles. The molecule has 0 N–H and O–H groups in total. The fourth-order valence-electron chi connectivity index (χ4n) is 6.26. The minimum absolute atomic E-state index is 0.242. The second kappa shape index (κ2) is 12.7. The largest absolute Gasteiger partial charge is 0.360 e. The third kappa shape index (κ3) is 6.77. The lowest BCUT2D eigenvalue weighted by Gasteiger charge is -2.27. The highest BCUT2D eigenvalue weighted by Gasteiger charge is 2.46. The molecule has 0 unspecified atom stereocenters. The molecule has 7 heteroatoms. The lowest BCUT2D eigenvalue weighted by atomic mass is 9.77. The van der Waals surface area contributed by atoms with E-state index in [4.69, 9.17) is 14.8 Å². The van der Waals surface area contributed by atoms with Crippen LogP contribution in [0, 0.1) is 21.7 Å². The molecule has 2 heterocycles. The molecule has 4 saturated carbocycles. The second-order valence-electron chi connectivity index (χ2n) is 12.1. The number of rotatable bonds is 5. The van der Waals surface area contributed by atoms with Crippen LogP contribution < -0.4 is 0 Å². The summed E-state index contributed by atoms with van der Waals surface area (Å²) >= 11 is 1.77. The zero-order chi connectivity index (χ0) is 27.2. The fraction of sp³-hybridized carbons (Fsp3) is 0.656. The first-order valence-corrected chi connectivity index (χ1v) is 16.0. The molecule has 0 atom stereocenters. The van der Waals surface area contributed by atoms with Gasteiger partial charge in [-0.3, -0.25) is 0 Å². The number of thiazole rings is 1. The summed E-state index contributed by atoms with van der Waals surface area (Å²) in [5.74, 6) is 2.63. The molecule has 2 aromatic heterocycles. The average molecular weight is 547 g/mol.